The number of benzene rings is 3. The molecule has 1 aliphatic carbocycles. The third kappa shape index (κ3) is 2.83. The number of anilines is 1. The molecule has 140 valence electrons. The van der Waals surface area contributed by atoms with Crippen LogP contribution in [0.15, 0.2) is 60.7 Å². The highest BCUT2D eigenvalue weighted by Gasteiger charge is 2.38. The SMILES string of the molecule is N#CC1(Nc2cccc(F)c2)CCN(C2Cc3cccc4cccc2c34)CC1. The quantitative estimate of drug-likeness (QED) is 0.700. The average molecular weight is 371 g/mol. The van der Waals surface area contributed by atoms with Gasteiger partial charge in [0.1, 0.15) is 11.4 Å². The summed E-state index contributed by atoms with van der Waals surface area (Å²) in [6.07, 6.45) is 2.49. The number of likely N-dealkylation sites (tertiary alicyclic amines) is 1. The smallest absolute Gasteiger partial charge is 0.127 e. The molecular weight excluding hydrogens is 349 g/mol. The number of nitrogens with one attached hydrogen (secondary N) is 1. The maximum Gasteiger partial charge on any atom is 0.127 e. The van der Waals surface area contributed by atoms with Crippen LogP contribution in [0.4, 0.5) is 10.1 Å². The number of nitriles is 1. The molecule has 28 heavy (non-hydrogen) atoms. The molecule has 2 aliphatic rings. The van der Waals surface area contributed by atoms with E-state index in [0.717, 1.165) is 32.4 Å². The first-order chi connectivity index (χ1) is 13.7. The Labute approximate surface area is 164 Å². The second-order valence-electron chi connectivity index (χ2n) is 7.95. The number of nitrogens with zero attached hydrogens (tertiary/aromatic N) is 2. The van der Waals surface area contributed by atoms with Crippen LogP contribution in [0.2, 0.25) is 0 Å². The molecule has 0 bridgehead atoms. The first kappa shape index (κ1) is 17.2. The van der Waals surface area contributed by atoms with Crippen molar-refractivity contribution in [1.29, 1.82) is 5.26 Å². The lowest BCUT2D eigenvalue weighted by atomic mass is 9.87. The Morgan fingerprint density at radius 3 is 2.54 bits per heavy atom. The molecule has 1 fully saturated rings. The molecule has 0 aromatic heterocycles. The lowest BCUT2D eigenvalue weighted by molar-refractivity contribution is 0.144. The number of hydrogen-bond donors (Lipinski definition) is 1. The van der Waals surface area contributed by atoms with Gasteiger partial charge in [0.05, 0.1) is 6.07 Å². The van der Waals surface area contributed by atoms with Gasteiger partial charge in [0, 0.05) is 24.8 Å². The number of rotatable bonds is 3. The fourth-order valence-electron chi connectivity index (χ4n) is 4.87. The van der Waals surface area contributed by atoms with Crippen LogP contribution in [0.5, 0.6) is 0 Å². The topological polar surface area (TPSA) is 39.1 Å². The molecule has 0 amide bonds. The second-order valence-corrected chi connectivity index (χ2v) is 7.95. The Bertz CT molecular complexity index is 1070. The van der Waals surface area contributed by atoms with Gasteiger partial charge in [-0.3, -0.25) is 4.90 Å². The number of hydrogen-bond acceptors (Lipinski definition) is 3. The normalized spacial score (nSPS) is 20.8. The summed E-state index contributed by atoms with van der Waals surface area (Å²) in [7, 11) is 0. The van der Waals surface area contributed by atoms with Crippen LogP contribution < -0.4 is 5.32 Å². The molecule has 0 spiro atoms. The van der Waals surface area contributed by atoms with Crippen molar-refractivity contribution in [2.45, 2.75) is 30.8 Å². The molecule has 1 unspecified atom stereocenters. The molecule has 3 nitrogen and oxygen atoms in total. The predicted molar refractivity (Wildman–Crippen MR) is 110 cm³/mol. The maximum absolute atomic E-state index is 13.5. The summed E-state index contributed by atoms with van der Waals surface area (Å²) < 4.78 is 13.5. The van der Waals surface area contributed by atoms with Gasteiger partial charge in [0.2, 0.25) is 0 Å². The van der Waals surface area contributed by atoms with Gasteiger partial charge in [-0.2, -0.15) is 5.26 Å². The Balaban J connectivity index is 1.35. The summed E-state index contributed by atoms with van der Waals surface area (Å²) in [5, 5.41) is 15.9. The van der Waals surface area contributed by atoms with Crippen LogP contribution >= 0.6 is 0 Å². The van der Waals surface area contributed by atoms with E-state index in [4.69, 9.17) is 0 Å². The summed E-state index contributed by atoms with van der Waals surface area (Å²) in [4.78, 5) is 2.51. The fourth-order valence-corrected chi connectivity index (χ4v) is 4.87. The van der Waals surface area contributed by atoms with Crippen LogP contribution in [0.25, 0.3) is 10.8 Å². The molecule has 0 saturated carbocycles. The fraction of sp³-hybridized carbons (Fsp3) is 0.292. The zero-order chi connectivity index (χ0) is 19.1. The summed E-state index contributed by atoms with van der Waals surface area (Å²) >= 11 is 0. The monoisotopic (exact) mass is 371 g/mol. The van der Waals surface area contributed by atoms with Gasteiger partial charge in [-0.05, 0) is 59.4 Å². The molecule has 5 rings (SSSR count). The molecular formula is C24H22FN3. The molecule has 1 saturated heterocycles. The van der Waals surface area contributed by atoms with Crippen molar-refractivity contribution in [3.05, 3.63) is 77.6 Å². The Kier molecular flexibility index (Phi) is 4.07. The molecule has 1 N–H and O–H groups in total. The van der Waals surface area contributed by atoms with Crippen LogP contribution in [0.1, 0.15) is 30.0 Å². The van der Waals surface area contributed by atoms with Crippen molar-refractivity contribution in [2.75, 3.05) is 18.4 Å². The van der Waals surface area contributed by atoms with E-state index in [1.54, 1.807) is 6.07 Å². The van der Waals surface area contributed by atoms with Crippen molar-refractivity contribution in [3.63, 3.8) is 0 Å². The largest absolute Gasteiger partial charge is 0.367 e. The van der Waals surface area contributed by atoms with Gasteiger partial charge in [0.25, 0.3) is 0 Å². The van der Waals surface area contributed by atoms with E-state index in [2.05, 4.69) is 52.7 Å². The highest BCUT2D eigenvalue weighted by atomic mass is 19.1. The van der Waals surface area contributed by atoms with Gasteiger partial charge in [-0.25, -0.2) is 4.39 Å². The molecule has 1 aliphatic heterocycles. The highest BCUT2D eigenvalue weighted by molar-refractivity contribution is 5.91. The molecule has 1 heterocycles. The first-order valence-corrected chi connectivity index (χ1v) is 9.87. The first-order valence-electron chi connectivity index (χ1n) is 9.87. The Hall–Kier alpha value is -2.90. The van der Waals surface area contributed by atoms with Gasteiger partial charge in [-0.15, -0.1) is 0 Å². The minimum Gasteiger partial charge on any atom is -0.367 e. The van der Waals surface area contributed by atoms with Gasteiger partial charge in [-0.1, -0.05) is 42.5 Å². The number of halogens is 1. The Morgan fingerprint density at radius 1 is 1.04 bits per heavy atom. The summed E-state index contributed by atoms with van der Waals surface area (Å²) in [6, 6.07) is 22.4. The zero-order valence-electron chi connectivity index (χ0n) is 15.7. The van der Waals surface area contributed by atoms with Crippen molar-refractivity contribution in [1.82, 2.24) is 4.90 Å². The van der Waals surface area contributed by atoms with E-state index < -0.39 is 5.54 Å². The van der Waals surface area contributed by atoms with Crippen LogP contribution in [0, 0.1) is 17.1 Å². The minimum atomic E-state index is -0.637. The minimum absolute atomic E-state index is 0.285. The van der Waals surface area contributed by atoms with E-state index in [0.29, 0.717) is 11.7 Å². The molecule has 1 atom stereocenters. The van der Waals surface area contributed by atoms with E-state index >= 15 is 0 Å². The summed E-state index contributed by atoms with van der Waals surface area (Å²) in [6.45, 7) is 1.70. The lowest BCUT2D eigenvalue weighted by Gasteiger charge is -2.41. The van der Waals surface area contributed by atoms with E-state index in [9.17, 15) is 9.65 Å². The van der Waals surface area contributed by atoms with Gasteiger partial charge in [0.15, 0.2) is 0 Å². The summed E-state index contributed by atoms with van der Waals surface area (Å²) in [5.41, 5.74) is 2.87. The van der Waals surface area contributed by atoms with Crippen LogP contribution in [-0.2, 0) is 6.42 Å². The van der Waals surface area contributed by atoms with Crippen molar-refractivity contribution in [3.8, 4) is 6.07 Å². The Morgan fingerprint density at radius 2 is 1.79 bits per heavy atom. The zero-order valence-corrected chi connectivity index (χ0v) is 15.7. The van der Waals surface area contributed by atoms with E-state index in [1.165, 1.54) is 34.0 Å². The van der Waals surface area contributed by atoms with Crippen molar-refractivity contribution < 1.29 is 4.39 Å². The molecule has 0 radical (unpaired) electrons. The summed E-state index contributed by atoms with van der Waals surface area (Å²) in [5.74, 6) is -0.285. The van der Waals surface area contributed by atoms with E-state index in [1.807, 2.05) is 6.07 Å². The number of piperidine rings is 1. The lowest BCUT2D eigenvalue weighted by Crippen LogP contribution is -2.49. The van der Waals surface area contributed by atoms with E-state index in [-0.39, 0.29) is 5.82 Å². The maximum atomic E-state index is 13.5. The van der Waals surface area contributed by atoms with Crippen molar-refractivity contribution in [2.24, 2.45) is 0 Å². The average Bonchev–Trinajstić information content (AvgIpc) is 3.10. The molecule has 4 heteroatoms. The predicted octanol–water partition coefficient (Wildman–Crippen LogP) is 5.05. The third-order valence-corrected chi connectivity index (χ3v) is 6.31. The van der Waals surface area contributed by atoms with Gasteiger partial charge < -0.3 is 5.32 Å². The third-order valence-electron chi connectivity index (χ3n) is 6.31. The highest BCUT2D eigenvalue weighted by Crippen LogP contribution is 2.42. The molecule has 3 aromatic rings. The standard InChI is InChI=1S/C24H22FN3/c25-19-7-3-8-20(15-19)27-24(16-26)10-12-28(13-11-24)22-14-18-6-1-4-17-5-2-9-21(22)23(17)18/h1-9,15,22,27H,10-14H2. The van der Waals surface area contributed by atoms with Crippen LogP contribution in [-0.4, -0.2) is 23.5 Å². The van der Waals surface area contributed by atoms with Crippen LogP contribution in [0.3, 0.4) is 0 Å². The molecule has 3 aromatic carbocycles. The second kappa shape index (κ2) is 6.61. The van der Waals surface area contributed by atoms with Gasteiger partial charge >= 0.3 is 0 Å². The van der Waals surface area contributed by atoms with Crippen molar-refractivity contribution >= 4 is 16.5 Å².